The van der Waals surface area contributed by atoms with E-state index in [0.717, 1.165) is 0 Å². The lowest BCUT2D eigenvalue weighted by Crippen LogP contribution is -1.85. The molecule has 0 aliphatic carbocycles. The molecule has 2 heterocycles. The van der Waals surface area contributed by atoms with E-state index in [1.165, 1.54) is 85.1 Å². The van der Waals surface area contributed by atoms with Crippen molar-refractivity contribution in [3.05, 3.63) is 55.9 Å². The SMILES string of the molecule is CCCCCCc1ccsc1/C=C/C=C/c1sccc1CCCCCC. The molecular formula is C24H34S2. The van der Waals surface area contributed by atoms with Crippen molar-refractivity contribution < 1.29 is 0 Å². The Labute approximate surface area is 168 Å². The fourth-order valence-corrected chi connectivity index (χ4v) is 4.89. The van der Waals surface area contributed by atoms with Gasteiger partial charge in [0.15, 0.2) is 0 Å². The van der Waals surface area contributed by atoms with Crippen molar-refractivity contribution in [2.45, 2.75) is 78.1 Å². The molecule has 0 aromatic carbocycles. The van der Waals surface area contributed by atoms with Gasteiger partial charge < -0.3 is 0 Å². The first-order valence-electron chi connectivity index (χ1n) is 10.3. The number of unbranched alkanes of at least 4 members (excludes halogenated alkanes) is 6. The Morgan fingerprint density at radius 3 is 1.54 bits per heavy atom. The fraction of sp³-hybridized carbons (Fsp3) is 0.500. The summed E-state index contributed by atoms with van der Waals surface area (Å²) >= 11 is 3.72. The average Bonchev–Trinajstić information content (AvgIpc) is 3.29. The molecule has 2 aromatic rings. The molecule has 0 spiro atoms. The van der Waals surface area contributed by atoms with Crippen molar-refractivity contribution >= 4 is 34.8 Å². The van der Waals surface area contributed by atoms with Crippen LogP contribution < -0.4 is 0 Å². The van der Waals surface area contributed by atoms with Crippen molar-refractivity contribution in [3.8, 4) is 0 Å². The highest BCUT2D eigenvalue weighted by atomic mass is 32.1. The monoisotopic (exact) mass is 386 g/mol. The Kier molecular flexibility index (Phi) is 10.7. The molecule has 0 radical (unpaired) electrons. The van der Waals surface area contributed by atoms with Gasteiger partial charge in [0.05, 0.1) is 0 Å². The van der Waals surface area contributed by atoms with Crippen LogP contribution >= 0.6 is 22.7 Å². The van der Waals surface area contributed by atoms with Gasteiger partial charge in [-0.05, 0) is 71.9 Å². The standard InChI is InChI=1S/C24H34S2/c1-3-5-7-9-13-21-17-19-25-23(21)15-11-12-16-24-22(18-20-26-24)14-10-8-6-4-2/h11-12,15-20H,3-10,13-14H2,1-2H3/b15-11+,16-12+. The second kappa shape index (κ2) is 13.1. The van der Waals surface area contributed by atoms with Crippen LogP contribution in [-0.2, 0) is 12.8 Å². The second-order valence-corrected chi connectivity index (χ2v) is 8.86. The van der Waals surface area contributed by atoms with Crippen molar-refractivity contribution in [2.75, 3.05) is 0 Å². The zero-order chi connectivity index (χ0) is 18.5. The summed E-state index contributed by atoms with van der Waals surface area (Å²) in [5.41, 5.74) is 3.03. The van der Waals surface area contributed by atoms with Crippen molar-refractivity contribution in [2.24, 2.45) is 0 Å². The van der Waals surface area contributed by atoms with Gasteiger partial charge in [0.25, 0.3) is 0 Å². The summed E-state index contributed by atoms with van der Waals surface area (Å²) in [7, 11) is 0. The highest BCUT2D eigenvalue weighted by molar-refractivity contribution is 7.11. The average molecular weight is 387 g/mol. The Morgan fingerprint density at radius 1 is 0.654 bits per heavy atom. The Hall–Kier alpha value is -1.12. The molecule has 2 aromatic heterocycles. The third-order valence-corrected chi connectivity index (χ3v) is 6.62. The Bertz CT molecular complexity index is 599. The molecule has 0 aliphatic rings. The molecule has 0 nitrogen and oxygen atoms in total. The van der Waals surface area contributed by atoms with E-state index in [0.29, 0.717) is 0 Å². The first-order chi connectivity index (χ1) is 12.8. The number of hydrogen-bond donors (Lipinski definition) is 0. The fourth-order valence-electron chi connectivity index (χ4n) is 3.17. The van der Waals surface area contributed by atoms with Gasteiger partial charge in [0.1, 0.15) is 0 Å². The predicted octanol–water partition coefficient (Wildman–Crippen LogP) is 8.78. The maximum absolute atomic E-state index is 2.30. The van der Waals surface area contributed by atoms with E-state index in [1.807, 2.05) is 22.7 Å². The minimum absolute atomic E-state index is 1.22. The van der Waals surface area contributed by atoms with E-state index in [4.69, 9.17) is 0 Å². The molecule has 0 N–H and O–H groups in total. The van der Waals surface area contributed by atoms with Crippen LogP contribution in [0.3, 0.4) is 0 Å². The van der Waals surface area contributed by atoms with Gasteiger partial charge in [-0.3, -0.25) is 0 Å². The summed E-state index contributed by atoms with van der Waals surface area (Å²) in [6, 6.07) is 4.60. The van der Waals surface area contributed by atoms with E-state index in [9.17, 15) is 0 Å². The highest BCUT2D eigenvalue weighted by Crippen LogP contribution is 2.23. The van der Waals surface area contributed by atoms with Gasteiger partial charge in [0, 0.05) is 9.75 Å². The summed E-state index contributed by atoms with van der Waals surface area (Å²) in [6.45, 7) is 4.55. The first-order valence-corrected chi connectivity index (χ1v) is 12.1. The largest absolute Gasteiger partial charge is 0.144 e. The molecule has 0 saturated carbocycles. The number of aryl methyl sites for hydroxylation is 2. The lowest BCUT2D eigenvalue weighted by Gasteiger charge is -2.00. The third-order valence-electron chi connectivity index (χ3n) is 4.77. The lowest BCUT2D eigenvalue weighted by molar-refractivity contribution is 0.667. The van der Waals surface area contributed by atoms with Crippen LogP contribution in [0.5, 0.6) is 0 Å². The van der Waals surface area contributed by atoms with E-state index < -0.39 is 0 Å². The highest BCUT2D eigenvalue weighted by Gasteiger charge is 2.02. The van der Waals surface area contributed by atoms with Crippen LogP contribution in [-0.4, -0.2) is 0 Å². The zero-order valence-electron chi connectivity index (χ0n) is 16.5. The molecule has 0 fully saturated rings. The molecule has 2 rings (SSSR count). The predicted molar refractivity (Wildman–Crippen MR) is 122 cm³/mol. The van der Waals surface area contributed by atoms with Gasteiger partial charge in [-0.2, -0.15) is 0 Å². The molecule has 0 amide bonds. The quantitative estimate of drug-likeness (QED) is 0.238. The van der Waals surface area contributed by atoms with Crippen LogP contribution in [0.25, 0.3) is 12.2 Å². The third kappa shape index (κ3) is 7.63. The van der Waals surface area contributed by atoms with E-state index in [1.54, 1.807) is 0 Å². The van der Waals surface area contributed by atoms with Crippen LogP contribution in [0, 0.1) is 0 Å². The zero-order valence-corrected chi connectivity index (χ0v) is 18.1. The van der Waals surface area contributed by atoms with E-state index in [2.05, 4.69) is 61.0 Å². The number of hydrogen-bond acceptors (Lipinski definition) is 2. The number of rotatable bonds is 13. The maximum Gasteiger partial charge on any atom is 0.0302 e. The molecule has 2 heteroatoms. The molecule has 26 heavy (non-hydrogen) atoms. The van der Waals surface area contributed by atoms with Gasteiger partial charge in [-0.25, -0.2) is 0 Å². The summed E-state index contributed by atoms with van der Waals surface area (Å²) in [6.07, 6.45) is 22.1. The summed E-state index contributed by atoms with van der Waals surface area (Å²) < 4.78 is 0. The minimum atomic E-state index is 1.22. The molecule has 0 unspecified atom stereocenters. The van der Waals surface area contributed by atoms with Crippen molar-refractivity contribution in [3.63, 3.8) is 0 Å². The van der Waals surface area contributed by atoms with Gasteiger partial charge in [-0.15, -0.1) is 22.7 Å². The van der Waals surface area contributed by atoms with E-state index >= 15 is 0 Å². The normalized spacial score (nSPS) is 11.9. The van der Waals surface area contributed by atoms with Gasteiger partial charge >= 0.3 is 0 Å². The molecule has 0 atom stereocenters. The topological polar surface area (TPSA) is 0 Å². The molecular weight excluding hydrogens is 352 g/mol. The molecule has 142 valence electrons. The maximum atomic E-state index is 2.30. The first kappa shape index (κ1) is 21.2. The summed E-state index contributed by atoms with van der Waals surface area (Å²) in [4.78, 5) is 2.86. The van der Waals surface area contributed by atoms with Crippen LogP contribution in [0.1, 0.15) is 86.1 Å². The summed E-state index contributed by atoms with van der Waals surface area (Å²) in [5.74, 6) is 0. The smallest absolute Gasteiger partial charge is 0.0302 e. The Morgan fingerprint density at radius 2 is 1.12 bits per heavy atom. The minimum Gasteiger partial charge on any atom is -0.144 e. The van der Waals surface area contributed by atoms with Crippen molar-refractivity contribution in [1.29, 1.82) is 0 Å². The Balaban J connectivity index is 1.83. The molecule has 0 aliphatic heterocycles. The second-order valence-electron chi connectivity index (χ2n) is 6.96. The van der Waals surface area contributed by atoms with Crippen LogP contribution in [0.2, 0.25) is 0 Å². The van der Waals surface area contributed by atoms with Gasteiger partial charge in [-0.1, -0.05) is 64.5 Å². The van der Waals surface area contributed by atoms with E-state index in [-0.39, 0.29) is 0 Å². The van der Waals surface area contributed by atoms with Crippen LogP contribution in [0.15, 0.2) is 35.0 Å². The number of allylic oxidation sites excluding steroid dienone is 2. The van der Waals surface area contributed by atoms with Crippen molar-refractivity contribution in [1.82, 2.24) is 0 Å². The molecule has 0 bridgehead atoms. The number of thiophene rings is 2. The summed E-state index contributed by atoms with van der Waals surface area (Å²) in [5, 5.41) is 4.46. The van der Waals surface area contributed by atoms with Gasteiger partial charge in [0.2, 0.25) is 0 Å². The lowest BCUT2D eigenvalue weighted by atomic mass is 10.1. The molecule has 0 saturated heterocycles. The van der Waals surface area contributed by atoms with Crippen LogP contribution in [0.4, 0.5) is 0 Å².